The van der Waals surface area contributed by atoms with E-state index in [1.54, 1.807) is 24.4 Å². The van der Waals surface area contributed by atoms with E-state index >= 15 is 0 Å². The quantitative estimate of drug-likeness (QED) is 0.232. The summed E-state index contributed by atoms with van der Waals surface area (Å²) < 4.78 is 15.2. The molecule has 0 radical (unpaired) electrons. The molecule has 0 unspecified atom stereocenters. The number of thiocarbonyl (C=S) groups is 1. The molecule has 1 fully saturated rings. The van der Waals surface area contributed by atoms with Gasteiger partial charge in [-0.05, 0) is 48.7 Å². The molecule has 4 rings (SSSR count). The fraction of sp³-hybridized carbons (Fsp3) is 0.308. The molecule has 6 nitrogen and oxygen atoms in total. The minimum Gasteiger partial charge on any atom is -0.369 e. The molecule has 1 aliphatic heterocycles. The van der Waals surface area contributed by atoms with Crippen LogP contribution in [0.15, 0.2) is 52.3 Å². The number of halogens is 1. The monoisotopic (exact) mass is 510 g/mol. The van der Waals surface area contributed by atoms with Crippen LogP contribution in [-0.4, -0.2) is 31.1 Å². The number of amides is 1. The van der Waals surface area contributed by atoms with Crippen molar-refractivity contribution < 1.29 is 9.18 Å². The first kappa shape index (κ1) is 25.1. The molecule has 3 heterocycles. The van der Waals surface area contributed by atoms with Crippen LogP contribution in [0.25, 0.3) is 11.7 Å². The van der Waals surface area contributed by atoms with E-state index in [2.05, 4.69) is 17.2 Å². The minimum absolute atomic E-state index is 0.235. The van der Waals surface area contributed by atoms with Crippen LogP contribution in [-0.2, 0) is 11.3 Å². The fourth-order valence-electron chi connectivity index (χ4n) is 3.82. The Kier molecular flexibility index (Phi) is 7.97. The molecule has 182 valence electrons. The molecule has 0 saturated carbocycles. The zero-order valence-corrected chi connectivity index (χ0v) is 21.3. The molecule has 0 atom stereocenters. The zero-order valence-electron chi connectivity index (χ0n) is 19.7. The van der Waals surface area contributed by atoms with E-state index in [0.717, 1.165) is 48.6 Å². The van der Waals surface area contributed by atoms with E-state index in [-0.39, 0.29) is 23.8 Å². The number of unbranched alkanes of at least 4 members (excludes halogenated alkanes) is 3. The first-order valence-corrected chi connectivity index (χ1v) is 12.9. The van der Waals surface area contributed by atoms with Gasteiger partial charge in [-0.1, -0.05) is 68.4 Å². The summed E-state index contributed by atoms with van der Waals surface area (Å²) in [6.45, 7) is 4.98. The van der Waals surface area contributed by atoms with E-state index in [9.17, 15) is 14.0 Å². The van der Waals surface area contributed by atoms with Crippen molar-refractivity contribution in [2.24, 2.45) is 0 Å². The number of carbonyl (C=O) groups excluding carboxylic acids is 1. The van der Waals surface area contributed by atoms with Gasteiger partial charge in [0.05, 0.1) is 17.0 Å². The SMILES string of the molecule is CCCCCCNc1nc2ccc(C)cn2c(=O)c1/C=C1/SC(=S)N(Cc2ccc(F)cc2)C1=O. The van der Waals surface area contributed by atoms with Gasteiger partial charge in [-0.15, -0.1) is 0 Å². The third-order valence-corrected chi connectivity index (χ3v) is 7.11. The minimum atomic E-state index is -0.340. The predicted octanol–water partition coefficient (Wildman–Crippen LogP) is 5.54. The lowest BCUT2D eigenvalue weighted by Crippen LogP contribution is -2.27. The summed E-state index contributed by atoms with van der Waals surface area (Å²) in [4.78, 5) is 33.1. The summed E-state index contributed by atoms with van der Waals surface area (Å²) in [7, 11) is 0. The van der Waals surface area contributed by atoms with Crippen molar-refractivity contribution in [2.45, 2.75) is 46.1 Å². The lowest BCUT2D eigenvalue weighted by atomic mass is 10.2. The number of carbonyl (C=O) groups is 1. The highest BCUT2D eigenvalue weighted by atomic mass is 32.2. The van der Waals surface area contributed by atoms with E-state index < -0.39 is 0 Å². The van der Waals surface area contributed by atoms with Gasteiger partial charge in [0.15, 0.2) is 0 Å². The predicted molar refractivity (Wildman–Crippen MR) is 144 cm³/mol. The summed E-state index contributed by atoms with van der Waals surface area (Å²) in [6.07, 6.45) is 7.67. The molecular weight excluding hydrogens is 483 g/mol. The second-order valence-corrected chi connectivity index (χ2v) is 10.2. The highest BCUT2D eigenvalue weighted by Gasteiger charge is 2.32. The molecule has 2 aromatic heterocycles. The number of anilines is 1. The molecule has 35 heavy (non-hydrogen) atoms. The number of fused-ring (bicyclic) bond motifs is 1. The van der Waals surface area contributed by atoms with Crippen molar-refractivity contribution in [2.75, 3.05) is 11.9 Å². The van der Waals surface area contributed by atoms with Gasteiger partial charge in [0.2, 0.25) is 0 Å². The third kappa shape index (κ3) is 5.79. The molecular formula is C26H27FN4O2S2. The number of hydrogen-bond donors (Lipinski definition) is 1. The molecule has 1 aliphatic rings. The standard InChI is InChI=1S/C26H27FN4O2S2/c1-3-4-5-6-13-28-23-20(24(32)30-15-17(2)7-12-22(30)29-23)14-21-25(33)31(26(34)35-21)16-18-8-10-19(27)11-9-18/h7-12,14-15,28H,3-6,13,16H2,1-2H3/b21-14+. The second kappa shape index (κ2) is 11.1. The smallest absolute Gasteiger partial charge is 0.267 e. The van der Waals surface area contributed by atoms with Crippen LogP contribution in [0.4, 0.5) is 10.2 Å². The number of aryl methyl sites for hydroxylation is 1. The van der Waals surface area contributed by atoms with Crippen LogP contribution in [0.5, 0.6) is 0 Å². The number of aromatic nitrogens is 2. The number of pyridine rings is 1. The Morgan fingerprint density at radius 2 is 1.89 bits per heavy atom. The molecule has 0 bridgehead atoms. The lowest BCUT2D eigenvalue weighted by molar-refractivity contribution is -0.122. The van der Waals surface area contributed by atoms with Crippen LogP contribution in [0.3, 0.4) is 0 Å². The van der Waals surface area contributed by atoms with Gasteiger partial charge in [-0.3, -0.25) is 18.9 Å². The Morgan fingerprint density at radius 3 is 2.63 bits per heavy atom. The molecule has 1 saturated heterocycles. The fourth-order valence-corrected chi connectivity index (χ4v) is 5.06. The molecule has 3 aromatic rings. The van der Waals surface area contributed by atoms with Gasteiger partial charge in [0.1, 0.15) is 21.6 Å². The average molecular weight is 511 g/mol. The average Bonchev–Trinajstić information content (AvgIpc) is 3.10. The summed E-state index contributed by atoms with van der Waals surface area (Å²) in [6, 6.07) is 9.67. The Bertz CT molecular complexity index is 1350. The summed E-state index contributed by atoms with van der Waals surface area (Å²) in [5, 5.41) is 3.30. The van der Waals surface area contributed by atoms with Crippen molar-refractivity contribution in [1.82, 2.24) is 14.3 Å². The van der Waals surface area contributed by atoms with Crippen LogP contribution in [0.1, 0.15) is 49.3 Å². The van der Waals surface area contributed by atoms with E-state index in [0.29, 0.717) is 32.8 Å². The van der Waals surface area contributed by atoms with Gasteiger partial charge in [0.25, 0.3) is 11.5 Å². The Labute approximate surface area is 213 Å². The number of nitrogens with zero attached hydrogens (tertiary/aromatic N) is 3. The van der Waals surface area contributed by atoms with Crippen molar-refractivity contribution in [1.29, 1.82) is 0 Å². The van der Waals surface area contributed by atoms with Crippen molar-refractivity contribution in [3.05, 3.63) is 80.4 Å². The van der Waals surface area contributed by atoms with E-state index in [1.807, 2.05) is 19.1 Å². The van der Waals surface area contributed by atoms with Crippen LogP contribution >= 0.6 is 24.0 Å². The first-order chi connectivity index (χ1) is 16.9. The Hall–Kier alpha value is -3.04. The summed E-state index contributed by atoms with van der Waals surface area (Å²) in [5.41, 5.74) is 2.31. The highest BCUT2D eigenvalue weighted by molar-refractivity contribution is 8.26. The maximum Gasteiger partial charge on any atom is 0.267 e. The zero-order chi connectivity index (χ0) is 24.9. The third-order valence-electron chi connectivity index (χ3n) is 5.73. The van der Waals surface area contributed by atoms with Crippen molar-refractivity contribution in [3.63, 3.8) is 0 Å². The molecule has 1 aromatic carbocycles. The van der Waals surface area contributed by atoms with Crippen LogP contribution in [0, 0.1) is 12.7 Å². The molecule has 0 aliphatic carbocycles. The summed E-state index contributed by atoms with van der Waals surface area (Å²) >= 11 is 6.60. The lowest BCUT2D eigenvalue weighted by Gasteiger charge is -2.14. The maximum atomic E-state index is 13.5. The normalized spacial score (nSPS) is 14.9. The summed E-state index contributed by atoms with van der Waals surface area (Å²) in [5.74, 6) is -0.167. The second-order valence-electron chi connectivity index (χ2n) is 8.50. The largest absolute Gasteiger partial charge is 0.369 e. The molecule has 1 N–H and O–H groups in total. The van der Waals surface area contributed by atoms with E-state index in [4.69, 9.17) is 12.2 Å². The number of nitrogens with one attached hydrogen (secondary N) is 1. The van der Waals surface area contributed by atoms with Crippen LogP contribution in [0.2, 0.25) is 0 Å². The van der Waals surface area contributed by atoms with Gasteiger partial charge in [-0.25, -0.2) is 9.37 Å². The Balaban J connectivity index is 1.67. The van der Waals surface area contributed by atoms with E-state index in [1.165, 1.54) is 21.4 Å². The number of thioether (sulfide) groups is 1. The molecule has 9 heteroatoms. The molecule has 0 spiro atoms. The van der Waals surface area contributed by atoms with Gasteiger partial charge in [0, 0.05) is 12.7 Å². The van der Waals surface area contributed by atoms with Crippen molar-refractivity contribution >= 4 is 51.7 Å². The first-order valence-electron chi connectivity index (χ1n) is 11.6. The van der Waals surface area contributed by atoms with Crippen LogP contribution < -0.4 is 10.9 Å². The molecule has 1 amide bonds. The number of hydrogen-bond acceptors (Lipinski definition) is 6. The number of rotatable bonds is 9. The van der Waals surface area contributed by atoms with Gasteiger partial charge < -0.3 is 5.32 Å². The van der Waals surface area contributed by atoms with Gasteiger partial charge in [-0.2, -0.15) is 0 Å². The number of benzene rings is 1. The maximum absolute atomic E-state index is 13.5. The Morgan fingerprint density at radius 1 is 1.11 bits per heavy atom. The van der Waals surface area contributed by atoms with Gasteiger partial charge >= 0.3 is 0 Å². The van der Waals surface area contributed by atoms with Crippen molar-refractivity contribution in [3.8, 4) is 0 Å². The highest BCUT2D eigenvalue weighted by Crippen LogP contribution is 2.34. The topological polar surface area (TPSA) is 66.7 Å².